The van der Waals surface area contributed by atoms with Crippen LogP contribution in [0.4, 0.5) is 17.6 Å². The first kappa shape index (κ1) is 15.4. The van der Waals surface area contributed by atoms with Crippen LogP contribution in [0.3, 0.4) is 0 Å². The Hall–Kier alpha value is -1.95. The van der Waals surface area contributed by atoms with Gasteiger partial charge >= 0.3 is 6.18 Å². The molecule has 2 aromatic rings. The van der Waals surface area contributed by atoms with Crippen molar-refractivity contribution in [3.63, 3.8) is 0 Å². The minimum absolute atomic E-state index is 0.0197. The van der Waals surface area contributed by atoms with Crippen LogP contribution in [0.15, 0.2) is 30.3 Å². The zero-order valence-electron chi connectivity index (χ0n) is 11.4. The highest BCUT2D eigenvalue weighted by atomic mass is 19.4. The molecule has 1 aromatic heterocycles. The molecule has 21 heavy (non-hydrogen) atoms. The standard InChI is InChI=1S/C15H13F4NO/c1-8-5-11(6-9(2)20-8)14(21)10-3-4-13(16)12(7-10)15(17,18)19/h3-7,14,21H,1-2H3. The van der Waals surface area contributed by atoms with Crippen LogP contribution < -0.4 is 0 Å². The summed E-state index contributed by atoms with van der Waals surface area (Å²) in [6, 6.07) is 5.64. The molecule has 0 aliphatic heterocycles. The second kappa shape index (κ2) is 5.44. The highest BCUT2D eigenvalue weighted by Crippen LogP contribution is 2.34. The van der Waals surface area contributed by atoms with Gasteiger partial charge in [-0.15, -0.1) is 0 Å². The quantitative estimate of drug-likeness (QED) is 0.852. The van der Waals surface area contributed by atoms with Crippen LogP contribution >= 0.6 is 0 Å². The van der Waals surface area contributed by atoms with E-state index in [1.165, 1.54) is 0 Å². The molecule has 6 heteroatoms. The monoisotopic (exact) mass is 299 g/mol. The number of halogens is 4. The third-order valence-corrected chi connectivity index (χ3v) is 3.03. The summed E-state index contributed by atoms with van der Waals surface area (Å²) in [6.07, 6.45) is -6.07. The van der Waals surface area contributed by atoms with Gasteiger partial charge in [-0.3, -0.25) is 4.98 Å². The summed E-state index contributed by atoms with van der Waals surface area (Å²) < 4.78 is 51.3. The lowest BCUT2D eigenvalue weighted by Crippen LogP contribution is -2.10. The highest BCUT2D eigenvalue weighted by molar-refractivity contribution is 5.35. The normalized spacial score (nSPS) is 13.3. The van der Waals surface area contributed by atoms with Crippen molar-refractivity contribution >= 4 is 0 Å². The molecular formula is C15H13F4NO. The predicted octanol–water partition coefficient (Wildman–Crippen LogP) is 3.94. The molecule has 0 aliphatic rings. The van der Waals surface area contributed by atoms with Gasteiger partial charge in [0.2, 0.25) is 0 Å². The Labute approximate surface area is 119 Å². The van der Waals surface area contributed by atoms with Crippen molar-refractivity contribution in [2.45, 2.75) is 26.1 Å². The molecule has 112 valence electrons. The van der Waals surface area contributed by atoms with E-state index < -0.39 is 23.7 Å². The molecule has 1 unspecified atom stereocenters. The first-order chi connectivity index (χ1) is 9.68. The number of hydrogen-bond acceptors (Lipinski definition) is 2. The summed E-state index contributed by atoms with van der Waals surface area (Å²) in [7, 11) is 0. The van der Waals surface area contributed by atoms with Crippen LogP contribution in [0.25, 0.3) is 0 Å². The maximum absolute atomic E-state index is 13.2. The molecule has 0 aliphatic carbocycles. The molecule has 0 bridgehead atoms. The lowest BCUT2D eigenvalue weighted by Gasteiger charge is -2.15. The summed E-state index contributed by atoms with van der Waals surface area (Å²) in [5, 5.41) is 10.2. The Morgan fingerprint density at radius 3 is 2.10 bits per heavy atom. The number of alkyl halides is 3. The Balaban J connectivity index is 2.46. The van der Waals surface area contributed by atoms with E-state index in [9.17, 15) is 22.7 Å². The number of pyridine rings is 1. The Bertz CT molecular complexity index is 647. The molecule has 0 amide bonds. The predicted molar refractivity (Wildman–Crippen MR) is 69.2 cm³/mol. The fourth-order valence-corrected chi connectivity index (χ4v) is 2.15. The van der Waals surface area contributed by atoms with E-state index >= 15 is 0 Å². The van der Waals surface area contributed by atoms with Crippen LogP contribution in [-0.4, -0.2) is 10.1 Å². The maximum atomic E-state index is 13.2. The molecule has 0 radical (unpaired) electrons. The van der Waals surface area contributed by atoms with Crippen molar-refractivity contribution in [2.75, 3.05) is 0 Å². The van der Waals surface area contributed by atoms with Crippen LogP contribution in [0.5, 0.6) is 0 Å². The van der Waals surface area contributed by atoms with Crippen LogP contribution in [0.1, 0.15) is 34.2 Å². The summed E-state index contributed by atoms with van der Waals surface area (Å²) >= 11 is 0. The second-order valence-corrected chi connectivity index (χ2v) is 4.82. The second-order valence-electron chi connectivity index (χ2n) is 4.82. The average molecular weight is 299 g/mol. The topological polar surface area (TPSA) is 33.1 Å². The lowest BCUT2D eigenvalue weighted by molar-refractivity contribution is -0.140. The van der Waals surface area contributed by atoms with Gasteiger partial charge < -0.3 is 5.11 Å². The number of benzene rings is 1. The van der Waals surface area contributed by atoms with E-state index in [0.29, 0.717) is 29.1 Å². The van der Waals surface area contributed by atoms with Gasteiger partial charge in [0.25, 0.3) is 0 Å². The molecule has 0 spiro atoms. The zero-order valence-corrected chi connectivity index (χ0v) is 11.4. The first-order valence-corrected chi connectivity index (χ1v) is 6.18. The molecule has 2 nitrogen and oxygen atoms in total. The number of aliphatic hydroxyl groups is 1. The van der Waals surface area contributed by atoms with Gasteiger partial charge in [0.05, 0.1) is 5.56 Å². The van der Waals surface area contributed by atoms with Crippen molar-refractivity contribution in [3.8, 4) is 0 Å². The molecule has 1 atom stereocenters. The van der Waals surface area contributed by atoms with Gasteiger partial charge in [0, 0.05) is 11.4 Å². The van der Waals surface area contributed by atoms with E-state index in [2.05, 4.69) is 4.98 Å². The molecule has 1 N–H and O–H groups in total. The number of hydrogen-bond donors (Lipinski definition) is 1. The van der Waals surface area contributed by atoms with Crippen molar-refractivity contribution in [2.24, 2.45) is 0 Å². The molecule has 1 aromatic carbocycles. The largest absolute Gasteiger partial charge is 0.419 e. The number of aryl methyl sites for hydroxylation is 2. The molecule has 1 heterocycles. The Morgan fingerprint density at radius 1 is 1.00 bits per heavy atom. The Morgan fingerprint density at radius 2 is 1.57 bits per heavy atom. The van der Waals surface area contributed by atoms with Gasteiger partial charge in [-0.1, -0.05) is 6.07 Å². The van der Waals surface area contributed by atoms with Gasteiger partial charge in [-0.25, -0.2) is 4.39 Å². The third kappa shape index (κ3) is 3.39. The maximum Gasteiger partial charge on any atom is 0.419 e. The van der Waals surface area contributed by atoms with E-state index in [1.807, 2.05) is 0 Å². The summed E-state index contributed by atoms with van der Waals surface area (Å²) in [5.74, 6) is -1.36. The van der Waals surface area contributed by atoms with Crippen LogP contribution in [0.2, 0.25) is 0 Å². The van der Waals surface area contributed by atoms with E-state index in [1.54, 1.807) is 26.0 Å². The lowest BCUT2D eigenvalue weighted by atomic mass is 9.99. The fraction of sp³-hybridized carbons (Fsp3) is 0.267. The van der Waals surface area contributed by atoms with E-state index in [0.717, 1.165) is 6.07 Å². The van der Waals surface area contributed by atoms with E-state index in [4.69, 9.17) is 0 Å². The molecule has 0 saturated heterocycles. The number of nitrogens with zero attached hydrogens (tertiary/aromatic N) is 1. The van der Waals surface area contributed by atoms with Crippen molar-refractivity contribution < 1.29 is 22.7 Å². The number of aliphatic hydroxyl groups excluding tert-OH is 1. The van der Waals surface area contributed by atoms with Crippen molar-refractivity contribution in [1.29, 1.82) is 0 Å². The minimum atomic E-state index is -4.80. The Kier molecular flexibility index (Phi) is 4.00. The average Bonchev–Trinajstić information content (AvgIpc) is 2.36. The van der Waals surface area contributed by atoms with Crippen LogP contribution in [-0.2, 0) is 6.18 Å². The first-order valence-electron chi connectivity index (χ1n) is 6.18. The van der Waals surface area contributed by atoms with Crippen LogP contribution in [0, 0.1) is 19.7 Å². The summed E-state index contributed by atoms with van der Waals surface area (Å²) in [6.45, 7) is 3.43. The molecule has 0 fully saturated rings. The van der Waals surface area contributed by atoms with Crippen molar-refractivity contribution in [3.05, 3.63) is 64.2 Å². The van der Waals surface area contributed by atoms with Gasteiger partial charge in [-0.2, -0.15) is 13.2 Å². The minimum Gasteiger partial charge on any atom is -0.384 e. The fourth-order valence-electron chi connectivity index (χ4n) is 2.15. The molecule has 2 rings (SSSR count). The van der Waals surface area contributed by atoms with E-state index in [-0.39, 0.29) is 5.56 Å². The highest BCUT2D eigenvalue weighted by Gasteiger charge is 2.34. The SMILES string of the molecule is Cc1cc(C(O)c2ccc(F)c(C(F)(F)F)c2)cc(C)n1. The van der Waals surface area contributed by atoms with Gasteiger partial charge in [0.15, 0.2) is 0 Å². The smallest absolute Gasteiger partial charge is 0.384 e. The number of aromatic nitrogens is 1. The van der Waals surface area contributed by atoms with Gasteiger partial charge in [-0.05, 0) is 49.2 Å². The summed E-state index contributed by atoms with van der Waals surface area (Å²) in [5.41, 5.74) is 0.291. The summed E-state index contributed by atoms with van der Waals surface area (Å²) in [4.78, 5) is 4.13. The zero-order chi connectivity index (χ0) is 15.8. The molecular weight excluding hydrogens is 286 g/mol. The molecule has 0 saturated carbocycles. The van der Waals surface area contributed by atoms with Crippen molar-refractivity contribution in [1.82, 2.24) is 4.98 Å². The number of rotatable bonds is 2. The van der Waals surface area contributed by atoms with Gasteiger partial charge in [0.1, 0.15) is 11.9 Å². The third-order valence-electron chi connectivity index (χ3n) is 3.03.